The van der Waals surface area contributed by atoms with Gasteiger partial charge in [-0.05, 0) is 47.7 Å². The lowest BCUT2D eigenvalue weighted by atomic mass is 10.3. The number of hydrogen-bond acceptors (Lipinski definition) is 3. The third kappa shape index (κ3) is 2.73. The highest BCUT2D eigenvalue weighted by Crippen LogP contribution is 2.26. The fraction of sp³-hybridized carbons (Fsp3) is 0.167. The average molecular weight is 411 g/mol. The molecule has 0 aliphatic heterocycles. The van der Waals surface area contributed by atoms with Crippen LogP contribution in [0.2, 0.25) is 10.0 Å². The number of benzene rings is 1. The molecule has 4 nitrogen and oxygen atoms in total. The molecule has 0 saturated carbocycles. The molecule has 0 fully saturated rings. The van der Waals surface area contributed by atoms with E-state index in [1.54, 1.807) is 22.9 Å². The van der Waals surface area contributed by atoms with Crippen molar-refractivity contribution in [2.45, 2.75) is 6.92 Å². The Morgan fingerprint density at radius 3 is 2.63 bits per heavy atom. The molecule has 0 aliphatic rings. The summed E-state index contributed by atoms with van der Waals surface area (Å²) in [6.07, 6.45) is 0. The summed E-state index contributed by atoms with van der Waals surface area (Å²) in [5, 5.41) is 5.16. The summed E-state index contributed by atoms with van der Waals surface area (Å²) in [6.45, 7) is 1.86. The number of carbonyl (C=O) groups is 1. The normalized spacial score (nSPS) is 10.6. The van der Waals surface area contributed by atoms with Crippen LogP contribution >= 0.6 is 45.8 Å². The number of ether oxygens (including phenoxy) is 1. The van der Waals surface area contributed by atoms with Gasteiger partial charge in [0.05, 0.1) is 32.1 Å². The van der Waals surface area contributed by atoms with E-state index in [0.29, 0.717) is 10.0 Å². The van der Waals surface area contributed by atoms with Gasteiger partial charge >= 0.3 is 5.97 Å². The van der Waals surface area contributed by atoms with Gasteiger partial charge in [0.1, 0.15) is 0 Å². The van der Waals surface area contributed by atoms with Gasteiger partial charge in [-0.2, -0.15) is 5.10 Å². The lowest BCUT2D eigenvalue weighted by molar-refractivity contribution is 0.0592. The number of esters is 1. The van der Waals surface area contributed by atoms with Gasteiger partial charge in [0.25, 0.3) is 0 Å². The Hall–Kier alpha value is -0.790. The smallest absolute Gasteiger partial charge is 0.359 e. The molecule has 0 spiro atoms. The molecule has 0 unspecified atom stereocenters. The maximum atomic E-state index is 11.6. The highest BCUT2D eigenvalue weighted by atomic mass is 127. The second-order valence-electron chi connectivity index (χ2n) is 3.75. The Bertz CT molecular complexity index is 655. The number of hydrogen-bond donors (Lipinski definition) is 0. The molecular weight excluding hydrogens is 402 g/mol. The SMILES string of the molecule is COC(=O)c1nn(-c2ccc(Cl)c(Cl)c2)c(C)c1I. The van der Waals surface area contributed by atoms with E-state index in [9.17, 15) is 4.79 Å². The van der Waals surface area contributed by atoms with Crippen LogP contribution in [-0.4, -0.2) is 22.9 Å². The summed E-state index contributed by atoms with van der Waals surface area (Å²) >= 11 is 13.9. The van der Waals surface area contributed by atoms with Gasteiger partial charge in [0.2, 0.25) is 0 Å². The largest absolute Gasteiger partial charge is 0.464 e. The number of aromatic nitrogens is 2. The van der Waals surface area contributed by atoms with Crippen molar-refractivity contribution in [1.82, 2.24) is 9.78 Å². The molecule has 0 N–H and O–H groups in total. The molecule has 100 valence electrons. The van der Waals surface area contributed by atoms with Crippen molar-refractivity contribution < 1.29 is 9.53 Å². The maximum Gasteiger partial charge on any atom is 0.359 e. The fourth-order valence-corrected chi connectivity index (χ4v) is 2.43. The van der Waals surface area contributed by atoms with Crippen LogP contribution in [0.3, 0.4) is 0 Å². The number of nitrogens with zero attached hydrogens (tertiary/aromatic N) is 2. The van der Waals surface area contributed by atoms with Gasteiger partial charge in [-0.25, -0.2) is 9.48 Å². The molecule has 0 aliphatic carbocycles. The van der Waals surface area contributed by atoms with Crippen LogP contribution in [0.5, 0.6) is 0 Å². The Balaban J connectivity index is 2.57. The Morgan fingerprint density at radius 2 is 2.05 bits per heavy atom. The molecule has 7 heteroatoms. The molecule has 0 saturated heterocycles. The Labute approximate surface area is 133 Å². The zero-order valence-corrected chi connectivity index (χ0v) is 13.7. The van der Waals surface area contributed by atoms with Gasteiger partial charge in [-0.1, -0.05) is 23.2 Å². The van der Waals surface area contributed by atoms with Crippen LogP contribution in [-0.2, 0) is 4.74 Å². The van der Waals surface area contributed by atoms with E-state index in [0.717, 1.165) is 15.0 Å². The summed E-state index contributed by atoms with van der Waals surface area (Å²) < 4.78 is 7.08. The van der Waals surface area contributed by atoms with Crippen LogP contribution in [0.4, 0.5) is 0 Å². The van der Waals surface area contributed by atoms with Gasteiger partial charge in [-0.15, -0.1) is 0 Å². The minimum Gasteiger partial charge on any atom is -0.464 e. The first-order chi connectivity index (χ1) is 8.95. The summed E-state index contributed by atoms with van der Waals surface area (Å²) in [7, 11) is 1.33. The van der Waals surface area contributed by atoms with Gasteiger partial charge in [-0.3, -0.25) is 0 Å². The molecule has 19 heavy (non-hydrogen) atoms. The van der Waals surface area contributed by atoms with Crippen molar-refractivity contribution in [3.05, 3.63) is 43.2 Å². The second kappa shape index (κ2) is 5.68. The molecule has 2 aromatic rings. The second-order valence-corrected chi connectivity index (χ2v) is 5.64. The monoisotopic (exact) mass is 410 g/mol. The van der Waals surface area contributed by atoms with Crippen molar-refractivity contribution in [1.29, 1.82) is 0 Å². The molecule has 0 radical (unpaired) electrons. The van der Waals surface area contributed by atoms with Crippen molar-refractivity contribution in [2.75, 3.05) is 7.11 Å². The minimum absolute atomic E-state index is 0.284. The average Bonchev–Trinajstić information content (AvgIpc) is 2.69. The van der Waals surface area contributed by atoms with Gasteiger partial charge in [0.15, 0.2) is 5.69 Å². The number of methoxy groups -OCH3 is 1. The third-order valence-electron chi connectivity index (χ3n) is 2.57. The molecule has 0 amide bonds. The quantitative estimate of drug-likeness (QED) is 0.557. The van der Waals surface area contributed by atoms with E-state index >= 15 is 0 Å². The van der Waals surface area contributed by atoms with Crippen LogP contribution in [0.1, 0.15) is 16.2 Å². The van der Waals surface area contributed by atoms with E-state index in [4.69, 9.17) is 27.9 Å². The highest BCUT2D eigenvalue weighted by Gasteiger charge is 2.20. The Kier molecular flexibility index (Phi) is 4.37. The Morgan fingerprint density at radius 1 is 1.37 bits per heavy atom. The van der Waals surface area contributed by atoms with Crippen LogP contribution in [0.15, 0.2) is 18.2 Å². The van der Waals surface area contributed by atoms with Gasteiger partial charge < -0.3 is 4.74 Å². The summed E-state index contributed by atoms with van der Waals surface area (Å²) in [4.78, 5) is 11.6. The van der Waals surface area contributed by atoms with Crippen LogP contribution in [0.25, 0.3) is 5.69 Å². The zero-order chi connectivity index (χ0) is 14.2. The number of rotatable bonds is 2. The van der Waals surface area contributed by atoms with Gasteiger partial charge in [0, 0.05) is 0 Å². The van der Waals surface area contributed by atoms with E-state index < -0.39 is 5.97 Å². The number of halogens is 3. The van der Waals surface area contributed by atoms with Crippen molar-refractivity contribution in [3.8, 4) is 5.69 Å². The minimum atomic E-state index is -0.466. The molecule has 1 aromatic heterocycles. The van der Waals surface area contributed by atoms with Crippen molar-refractivity contribution in [2.24, 2.45) is 0 Å². The van der Waals surface area contributed by atoms with Crippen LogP contribution < -0.4 is 0 Å². The molecule has 1 aromatic carbocycles. The molecular formula is C12H9Cl2IN2O2. The van der Waals surface area contributed by atoms with Crippen molar-refractivity contribution in [3.63, 3.8) is 0 Å². The molecule has 2 rings (SSSR count). The molecule has 0 bridgehead atoms. The lowest BCUT2D eigenvalue weighted by Gasteiger charge is -2.05. The first kappa shape index (κ1) is 14.6. The van der Waals surface area contributed by atoms with E-state index in [1.165, 1.54) is 7.11 Å². The first-order valence-corrected chi connectivity index (χ1v) is 7.08. The summed E-state index contributed by atoms with van der Waals surface area (Å²) in [5.41, 5.74) is 1.85. The van der Waals surface area contributed by atoms with Crippen LogP contribution in [0, 0.1) is 10.5 Å². The highest BCUT2D eigenvalue weighted by molar-refractivity contribution is 14.1. The third-order valence-corrected chi connectivity index (χ3v) is 4.60. The predicted molar refractivity (Wildman–Crippen MR) is 82.4 cm³/mol. The van der Waals surface area contributed by atoms with E-state index in [2.05, 4.69) is 27.7 Å². The maximum absolute atomic E-state index is 11.6. The standard InChI is InChI=1S/C12H9Cl2IN2O2/c1-6-10(15)11(12(18)19-2)16-17(6)7-3-4-8(13)9(14)5-7/h3-5H,1-2H3. The molecule has 0 atom stereocenters. The zero-order valence-electron chi connectivity index (χ0n) is 10.1. The fourth-order valence-electron chi connectivity index (χ4n) is 1.58. The topological polar surface area (TPSA) is 44.1 Å². The first-order valence-electron chi connectivity index (χ1n) is 5.24. The summed E-state index contributed by atoms with van der Waals surface area (Å²) in [6, 6.07) is 5.16. The lowest BCUT2D eigenvalue weighted by Crippen LogP contribution is -2.05. The van der Waals surface area contributed by atoms with E-state index in [-0.39, 0.29) is 5.69 Å². The number of carbonyl (C=O) groups excluding carboxylic acids is 1. The predicted octanol–water partition coefficient (Wildman–Crippen LogP) is 3.88. The molecule has 1 heterocycles. The van der Waals surface area contributed by atoms with E-state index in [1.807, 2.05) is 6.92 Å². The summed E-state index contributed by atoms with van der Waals surface area (Å²) in [5.74, 6) is -0.466. The van der Waals surface area contributed by atoms with Crippen molar-refractivity contribution >= 4 is 51.8 Å².